The van der Waals surface area contributed by atoms with Gasteiger partial charge in [0.25, 0.3) is 0 Å². The number of thiophene rings is 1. The van der Waals surface area contributed by atoms with Crippen LogP contribution < -0.4 is 0 Å². The van der Waals surface area contributed by atoms with E-state index in [1.165, 1.54) is 16.9 Å². The second kappa shape index (κ2) is 6.54. The van der Waals surface area contributed by atoms with Crippen LogP contribution in [0.15, 0.2) is 72.8 Å². The number of hydrogen-bond acceptors (Lipinski definition) is 2. The van der Waals surface area contributed by atoms with Crippen molar-refractivity contribution in [2.75, 3.05) is 0 Å². The van der Waals surface area contributed by atoms with Gasteiger partial charge >= 0.3 is 0 Å². The zero-order valence-corrected chi connectivity index (χ0v) is 13.1. The fraction of sp³-hybridized carbons (Fsp3) is 0.0500. The largest absolute Gasteiger partial charge is 0.288 e. The number of rotatable bonds is 4. The van der Waals surface area contributed by atoms with Crippen molar-refractivity contribution in [1.82, 2.24) is 0 Å². The Balaban J connectivity index is 1.77. The third-order valence-electron chi connectivity index (χ3n) is 3.41. The highest BCUT2D eigenvalue weighted by atomic mass is 32.1. The molecule has 3 aromatic rings. The lowest BCUT2D eigenvalue weighted by Gasteiger charge is -1.97. The van der Waals surface area contributed by atoms with Gasteiger partial charge in [0.05, 0.1) is 4.88 Å². The summed E-state index contributed by atoms with van der Waals surface area (Å²) < 4.78 is 0. The molecular formula is C20H16OS. The summed E-state index contributed by atoms with van der Waals surface area (Å²) in [6.07, 6.45) is 3.49. The van der Waals surface area contributed by atoms with Gasteiger partial charge in [0, 0.05) is 4.88 Å². The molecule has 108 valence electrons. The van der Waals surface area contributed by atoms with Gasteiger partial charge in [0.15, 0.2) is 5.78 Å². The monoisotopic (exact) mass is 304 g/mol. The van der Waals surface area contributed by atoms with Crippen LogP contribution in [0.1, 0.15) is 20.8 Å². The van der Waals surface area contributed by atoms with Crippen molar-refractivity contribution < 1.29 is 4.79 Å². The Labute approximate surface area is 134 Å². The summed E-state index contributed by atoms with van der Waals surface area (Å²) in [5.74, 6) is 0.0483. The van der Waals surface area contributed by atoms with Gasteiger partial charge in [0.1, 0.15) is 0 Å². The summed E-state index contributed by atoms with van der Waals surface area (Å²) in [6.45, 7) is 2.07. The van der Waals surface area contributed by atoms with Crippen molar-refractivity contribution in [1.29, 1.82) is 0 Å². The Hall–Kier alpha value is -2.45. The lowest BCUT2D eigenvalue weighted by Crippen LogP contribution is -1.88. The minimum atomic E-state index is 0.0483. The number of allylic oxidation sites excluding steroid dienone is 1. The highest BCUT2D eigenvalue weighted by Gasteiger charge is 2.07. The summed E-state index contributed by atoms with van der Waals surface area (Å²) >= 11 is 1.53. The number of benzene rings is 2. The van der Waals surface area contributed by atoms with E-state index < -0.39 is 0 Å². The Morgan fingerprint density at radius 3 is 2.36 bits per heavy atom. The maximum atomic E-state index is 12.2. The molecule has 0 fully saturated rings. The van der Waals surface area contributed by atoms with E-state index in [2.05, 4.69) is 31.2 Å². The SMILES string of the molecule is Cc1ccc(-c2ccc(C(=O)C=Cc3ccccc3)s2)cc1. The van der Waals surface area contributed by atoms with Gasteiger partial charge in [-0.1, -0.05) is 66.2 Å². The van der Waals surface area contributed by atoms with Crippen molar-refractivity contribution in [2.45, 2.75) is 6.92 Å². The van der Waals surface area contributed by atoms with Gasteiger partial charge in [-0.25, -0.2) is 0 Å². The van der Waals surface area contributed by atoms with Crippen LogP contribution in [0.4, 0.5) is 0 Å². The summed E-state index contributed by atoms with van der Waals surface area (Å²) in [5, 5.41) is 0. The number of aryl methyl sites for hydroxylation is 1. The minimum absolute atomic E-state index is 0.0483. The number of carbonyl (C=O) groups is 1. The maximum absolute atomic E-state index is 12.2. The van der Waals surface area contributed by atoms with Gasteiger partial charge in [-0.15, -0.1) is 11.3 Å². The molecule has 22 heavy (non-hydrogen) atoms. The van der Waals surface area contributed by atoms with Crippen molar-refractivity contribution in [3.8, 4) is 10.4 Å². The third-order valence-corrected chi connectivity index (χ3v) is 4.56. The highest BCUT2D eigenvalue weighted by Crippen LogP contribution is 2.28. The smallest absolute Gasteiger partial charge is 0.195 e. The van der Waals surface area contributed by atoms with E-state index in [0.29, 0.717) is 0 Å². The second-order valence-corrected chi connectivity index (χ2v) is 6.22. The molecule has 0 unspecified atom stereocenters. The highest BCUT2D eigenvalue weighted by molar-refractivity contribution is 7.17. The molecule has 0 atom stereocenters. The lowest BCUT2D eigenvalue weighted by atomic mass is 10.1. The molecule has 2 heteroatoms. The molecule has 1 heterocycles. The molecule has 3 rings (SSSR count). The van der Waals surface area contributed by atoms with Crippen molar-refractivity contribution in [3.05, 3.63) is 88.8 Å². The van der Waals surface area contributed by atoms with Gasteiger partial charge in [0.2, 0.25) is 0 Å². The zero-order chi connectivity index (χ0) is 15.4. The maximum Gasteiger partial charge on any atom is 0.195 e. The van der Waals surface area contributed by atoms with Crippen LogP contribution in [0, 0.1) is 6.92 Å². The summed E-state index contributed by atoms with van der Waals surface area (Å²) in [6, 6.07) is 22.1. The first-order chi connectivity index (χ1) is 10.7. The van der Waals surface area contributed by atoms with Crippen LogP contribution in [-0.2, 0) is 0 Å². The second-order valence-electron chi connectivity index (χ2n) is 5.14. The molecule has 0 aliphatic heterocycles. The average Bonchev–Trinajstić information content (AvgIpc) is 3.04. The summed E-state index contributed by atoms with van der Waals surface area (Å²) in [5.41, 5.74) is 3.43. The lowest BCUT2D eigenvalue weighted by molar-refractivity contribution is 0.105. The van der Waals surface area contributed by atoms with E-state index in [4.69, 9.17) is 0 Å². The van der Waals surface area contributed by atoms with Crippen molar-refractivity contribution in [3.63, 3.8) is 0 Å². The van der Waals surface area contributed by atoms with E-state index in [-0.39, 0.29) is 5.78 Å². The van der Waals surface area contributed by atoms with E-state index >= 15 is 0 Å². The average molecular weight is 304 g/mol. The predicted molar refractivity (Wildman–Crippen MR) is 94.3 cm³/mol. The van der Waals surface area contributed by atoms with E-state index in [1.54, 1.807) is 6.08 Å². The first-order valence-corrected chi connectivity index (χ1v) is 7.98. The minimum Gasteiger partial charge on any atom is -0.288 e. The van der Waals surface area contributed by atoms with Crippen LogP contribution in [0.2, 0.25) is 0 Å². The molecule has 0 saturated carbocycles. The zero-order valence-electron chi connectivity index (χ0n) is 12.3. The standard InChI is InChI=1S/C20H16OS/c1-15-7-10-17(11-8-15)19-13-14-20(22-19)18(21)12-9-16-5-3-2-4-6-16/h2-14H,1H3. The molecular weight excluding hydrogens is 288 g/mol. The first-order valence-electron chi connectivity index (χ1n) is 7.17. The fourth-order valence-electron chi connectivity index (χ4n) is 2.16. The Morgan fingerprint density at radius 1 is 0.909 bits per heavy atom. The fourth-order valence-corrected chi connectivity index (χ4v) is 3.09. The summed E-state index contributed by atoms with van der Waals surface area (Å²) in [7, 11) is 0. The Kier molecular flexibility index (Phi) is 4.31. The van der Waals surface area contributed by atoms with Crippen molar-refractivity contribution >= 4 is 23.2 Å². The number of carbonyl (C=O) groups excluding carboxylic acids is 1. The molecule has 0 bridgehead atoms. The first kappa shape index (κ1) is 14.5. The molecule has 0 amide bonds. The normalized spacial score (nSPS) is 11.0. The molecule has 1 nitrogen and oxygen atoms in total. The quantitative estimate of drug-likeness (QED) is 0.451. The molecule has 0 aliphatic carbocycles. The molecule has 0 saturated heterocycles. The van der Waals surface area contributed by atoms with Gasteiger partial charge < -0.3 is 0 Å². The van der Waals surface area contributed by atoms with Gasteiger partial charge in [-0.2, -0.15) is 0 Å². The van der Waals surface area contributed by atoms with Gasteiger partial charge in [-0.3, -0.25) is 4.79 Å². The molecule has 1 aromatic heterocycles. The molecule has 0 spiro atoms. The molecule has 0 aliphatic rings. The van der Waals surface area contributed by atoms with Gasteiger partial charge in [-0.05, 0) is 36.3 Å². The molecule has 2 aromatic carbocycles. The van der Waals surface area contributed by atoms with E-state index in [0.717, 1.165) is 20.9 Å². The number of hydrogen-bond donors (Lipinski definition) is 0. The Morgan fingerprint density at radius 2 is 1.64 bits per heavy atom. The van der Waals surface area contributed by atoms with Crippen molar-refractivity contribution in [2.24, 2.45) is 0 Å². The molecule has 0 radical (unpaired) electrons. The van der Waals surface area contributed by atoms with E-state index in [1.807, 2.05) is 48.5 Å². The topological polar surface area (TPSA) is 17.1 Å². The van der Waals surface area contributed by atoms with Crippen LogP contribution in [0.3, 0.4) is 0 Å². The van der Waals surface area contributed by atoms with Crippen LogP contribution in [0.25, 0.3) is 16.5 Å². The number of ketones is 1. The molecule has 0 N–H and O–H groups in total. The van der Waals surface area contributed by atoms with Crippen LogP contribution in [0.5, 0.6) is 0 Å². The van der Waals surface area contributed by atoms with Crippen LogP contribution >= 0.6 is 11.3 Å². The predicted octanol–water partition coefficient (Wildman–Crippen LogP) is 5.62. The van der Waals surface area contributed by atoms with E-state index in [9.17, 15) is 4.79 Å². The van der Waals surface area contributed by atoms with Crippen LogP contribution in [-0.4, -0.2) is 5.78 Å². The Bertz CT molecular complexity index is 795. The third kappa shape index (κ3) is 3.41. The summed E-state index contributed by atoms with van der Waals surface area (Å²) in [4.78, 5) is 14.1.